The normalized spacial score (nSPS) is 22.9. The molecule has 2 N–H and O–H groups in total. The molecule has 0 spiro atoms. The maximum absolute atomic E-state index is 6.35. The molecule has 1 atom stereocenters. The van der Waals surface area contributed by atoms with Crippen LogP contribution in [0.3, 0.4) is 0 Å². The molecule has 2 rings (SSSR count). The van der Waals surface area contributed by atoms with E-state index in [0.29, 0.717) is 11.7 Å². The van der Waals surface area contributed by atoms with E-state index in [1.54, 1.807) is 0 Å². The molecule has 1 aromatic rings. The third kappa shape index (κ3) is 1.65. The lowest BCUT2D eigenvalue weighted by Gasteiger charge is -2.28. The second-order valence-electron chi connectivity index (χ2n) is 6.44. The van der Waals surface area contributed by atoms with Gasteiger partial charge in [-0.15, -0.1) is 0 Å². The van der Waals surface area contributed by atoms with Crippen molar-refractivity contribution in [2.75, 3.05) is 0 Å². The largest absolute Gasteiger partial charge is 0.339 e. The van der Waals surface area contributed by atoms with E-state index >= 15 is 0 Å². The highest BCUT2D eigenvalue weighted by molar-refractivity contribution is 5.16. The SMILES string of the molecule is CC(C)(C)c1nc(C(C)(N)C2(C)CC2)no1. The van der Waals surface area contributed by atoms with Crippen LogP contribution in [0.4, 0.5) is 0 Å². The molecule has 16 heavy (non-hydrogen) atoms. The number of hydrogen-bond acceptors (Lipinski definition) is 4. The van der Waals surface area contributed by atoms with Gasteiger partial charge in [-0.2, -0.15) is 4.98 Å². The quantitative estimate of drug-likeness (QED) is 0.835. The van der Waals surface area contributed by atoms with Crippen LogP contribution in [0.5, 0.6) is 0 Å². The first-order chi connectivity index (χ1) is 7.17. The number of nitrogens with two attached hydrogens (primary N) is 1. The number of rotatable bonds is 2. The van der Waals surface area contributed by atoms with Gasteiger partial charge in [0.1, 0.15) is 0 Å². The predicted molar refractivity (Wildman–Crippen MR) is 61.9 cm³/mol. The van der Waals surface area contributed by atoms with Crippen LogP contribution in [0.15, 0.2) is 4.52 Å². The summed E-state index contributed by atoms with van der Waals surface area (Å²) in [7, 11) is 0. The molecule has 4 heteroatoms. The summed E-state index contributed by atoms with van der Waals surface area (Å²) in [6.07, 6.45) is 2.28. The topological polar surface area (TPSA) is 64.9 Å². The molecule has 1 aliphatic carbocycles. The summed E-state index contributed by atoms with van der Waals surface area (Å²) >= 11 is 0. The van der Waals surface area contributed by atoms with Crippen molar-refractivity contribution in [3.05, 3.63) is 11.7 Å². The van der Waals surface area contributed by atoms with Gasteiger partial charge in [-0.05, 0) is 25.2 Å². The Bertz CT molecular complexity index is 397. The Labute approximate surface area is 96.6 Å². The summed E-state index contributed by atoms with van der Waals surface area (Å²) in [6, 6.07) is 0. The molecule has 1 heterocycles. The van der Waals surface area contributed by atoms with Crippen LogP contribution in [0.25, 0.3) is 0 Å². The van der Waals surface area contributed by atoms with Crippen LogP contribution in [-0.4, -0.2) is 10.1 Å². The van der Waals surface area contributed by atoms with E-state index in [9.17, 15) is 0 Å². The second kappa shape index (κ2) is 3.06. The number of aromatic nitrogens is 2. The maximum Gasteiger partial charge on any atom is 0.232 e. The molecule has 1 unspecified atom stereocenters. The van der Waals surface area contributed by atoms with Gasteiger partial charge in [0.2, 0.25) is 5.89 Å². The molecular formula is C12H21N3O. The van der Waals surface area contributed by atoms with Gasteiger partial charge < -0.3 is 10.3 Å². The van der Waals surface area contributed by atoms with Crippen molar-refractivity contribution >= 4 is 0 Å². The summed E-state index contributed by atoms with van der Waals surface area (Å²) in [4.78, 5) is 4.46. The van der Waals surface area contributed by atoms with Gasteiger partial charge in [0.25, 0.3) is 0 Å². The minimum absolute atomic E-state index is 0.119. The first-order valence-electron chi connectivity index (χ1n) is 5.80. The highest BCUT2D eigenvalue weighted by Crippen LogP contribution is 2.55. The summed E-state index contributed by atoms with van der Waals surface area (Å²) in [5.74, 6) is 1.29. The monoisotopic (exact) mass is 223 g/mol. The standard InChI is InChI=1S/C12H21N3O/c1-10(2,3)9-14-8(15-16-9)12(5,13)11(4)6-7-11/h6-7,13H2,1-5H3. The average Bonchev–Trinajstić information content (AvgIpc) is 2.71. The van der Waals surface area contributed by atoms with Crippen molar-refractivity contribution in [3.8, 4) is 0 Å². The molecule has 1 saturated carbocycles. The van der Waals surface area contributed by atoms with E-state index in [-0.39, 0.29) is 10.8 Å². The van der Waals surface area contributed by atoms with E-state index in [1.165, 1.54) is 0 Å². The summed E-state index contributed by atoms with van der Waals surface area (Å²) in [5, 5.41) is 4.05. The van der Waals surface area contributed by atoms with Crippen molar-refractivity contribution in [1.29, 1.82) is 0 Å². The molecule has 0 aromatic carbocycles. The van der Waals surface area contributed by atoms with Crippen LogP contribution in [-0.2, 0) is 11.0 Å². The highest BCUT2D eigenvalue weighted by atomic mass is 16.5. The van der Waals surface area contributed by atoms with Gasteiger partial charge in [-0.1, -0.05) is 32.9 Å². The Morgan fingerprint density at radius 1 is 1.25 bits per heavy atom. The summed E-state index contributed by atoms with van der Waals surface area (Å²) in [6.45, 7) is 10.3. The Kier molecular flexibility index (Phi) is 2.22. The van der Waals surface area contributed by atoms with Gasteiger partial charge in [0, 0.05) is 5.41 Å². The molecule has 4 nitrogen and oxygen atoms in total. The first kappa shape index (κ1) is 11.6. The number of hydrogen-bond donors (Lipinski definition) is 1. The maximum atomic E-state index is 6.35. The third-order valence-corrected chi connectivity index (χ3v) is 3.79. The summed E-state index contributed by atoms with van der Waals surface area (Å²) in [5.41, 5.74) is 5.87. The molecule has 0 aliphatic heterocycles. The fourth-order valence-electron chi connectivity index (χ4n) is 1.72. The lowest BCUT2D eigenvalue weighted by atomic mass is 9.84. The zero-order chi connectivity index (χ0) is 12.2. The van der Waals surface area contributed by atoms with Crippen LogP contribution < -0.4 is 5.73 Å². The molecule has 90 valence electrons. The fourth-order valence-corrected chi connectivity index (χ4v) is 1.72. The minimum Gasteiger partial charge on any atom is -0.339 e. The molecule has 1 fully saturated rings. The van der Waals surface area contributed by atoms with E-state index in [4.69, 9.17) is 10.3 Å². The zero-order valence-corrected chi connectivity index (χ0v) is 10.8. The lowest BCUT2D eigenvalue weighted by Crippen LogP contribution is -2.42. The molecule has 1 aromatic heterocycles. The predicted octanol–water partition coefficient (Wildman–Crippen LogP) is 2.34. The van der Waals surface area contributed by atoms with Gasteiger partial charge >= 0.3 is 0 Å². The molecule has 1 aliphatic rings. The van der Waals surface area contributed by atoms with E-state index in [2.05, 4.69) is 37.8 Å². The third-order valence-electron chi connectivity index (χ3n) is 3.79. The molecule has 0 bridgehead atoms. The van der Waals surface area contributed by atoms with Crippen LogP contribution in [0.2, 0.25) is 0 Å². The second-order valence-corrected chi connectivity index (χ2v) is 6.44. The Hall–Kier alpha value is -0.900. The van der Waals surface area contributed by atoms with Crippen molar-refractivity contribution < 1.29 is 4.52 Å². The summed E-state index contributed by atoms with van der Waals surface area (Å²) < 4.78 is 5.30. The molecular weight excluding hydrogens is 202 g/mol. The Morgan fingerprint density at radius 3 is 2.19 bits per heavy atom. The van der Waals surface area contributed by atoms with Crippen LogP contribution in [0, 0.1) is 5.41 Å². The number of nitrogens with zero attached hydrogens (tertiary/aromatic N) is 2. The fraction of sp³-hybridized carbons (Fsp3) is 0.833. The Balaban J connectivity index is 2.32. The van der Waals surface area contributed by atoms with Gasteiger partial charge in [0.15, 0.2) is 5.82 Å². The smallest absolute Gasteiger partial charge is 0.232 e. The molecule has 0 saturated heterocycles. The van der Waals surface area contributed by atoms with E-state index in [0.717, 1.165) is 12.8 Å². The molecule has 0 radical (unpaired) electrons. The lowest BCUT2D eigenvalue weighted by molar-refractivity contribution is 0.265. The first-order valence-corrected chi connectivity index (χ1v) is 5.80. The zero-order valence-electron chi connectivity index (χ0n) is 10.8. The van der Waals surface area contributed by atoms with Gasteiger partial charge in [0.05, 0.1) is 5.54 Å². The van der Waals surface area contributed by atoms with Gasteiger partial charge in [-0.25, -0.2) is 0 Å². The van der Waals surface area contributed by atoms with Gasteiger partial charge in [-0.3, -0.25) is 0 Å². The van der Waals surface area contributed by atoms with E-state index < -0.39 is 5.54 Å². The van der Waals surface area contributed by atoms with Crippen molar-refractivity contribution in [2.24, 2.45) is 11.1 Å². The van der Waals surface area contributed by atoms with Crippen molar-refractivity contribution in [1.82, 2.24) is 10.1 Å². The van der Waals surface area contributed by atoms with Crippen molar-refractivity contribution in [3.63, 3.8) is 0 Å². The highest BCUT2D eigenvalue weighted by Gasteiger charge is 2.54. The average molecular weight is 223 g/mol. The molecule has 0 amide bonds. The Morgan fingerprint density at radius 2 is 1.81 bits per heavy atom. The van der Waals surface area contributed by atoms with Crippen LogP contribution >= 0.6 is 0 Å². The van der Waals surface area contributed by atoms with E-state index in [1.807, 2.05) is 6.92 Å². The minimum atomic E-state index is -0.486. The van der Waals surface area contributed by atoms with Crippen molar-refractivity contribution in [2.45, 2.75) is 58.4 Å². The van der Waals surface area contributed by atoms with Crippen LogP contribution in [0.1, 0.15) is 59.2 Å².